The molecule has 108 valence electrons. The lowest BCUT2D eigenvalue weighted by Crippen LogP contribution is -2.33. The van der Waals surface area contributed by atoms with Gasteiger partial charge in [0.15, 0.2) is 0 Å². The molecular formula is C13H22N2O3S. The van der Waals surface area contributed by atoms with Crippen molar-refractivity contribution in [2.24, 2.45) is 5.73 Å². The average Bonchev–Trinajstić information content (AvgIpc) is 2.37. The third-order valence-corrected chi connectivity index (χ3v) is 4.02. The van der Waals surface area contributed by atoms with Gasteiger partial charge in [-0.15, -0.1) is 0 Å². The maximum absolute atomic E-state index is 12.0. The molecule has 0 spiro atoms. The van der Waals surface area contributed by atoms with Crippen LogP contribution in [0.4, 0.5) is 0 Å². The van der Waals surface area contributed by atoms with E-state index in [2.05, 4.69) is 4.72 Å². The van der Waals surface area contributed by atoms with Crippen LogP contribution in [0.1, 0.15) is 25.0 Å². The van der Waals surface area contributed by atoms with Crippen molar-refractivity contribution in [1.82, 2.24) is 4.72 Å². The Bertz CT molecular complexity index is 488. The smallest absolute Gasteiger partial charge is 0.215 e. The number of hydrogen-bond acceptors (Lipinski definition) is 4. The van der Waals surface area contributed by atoms with Gasteiger partial charge in [-0.2, -0.15) is 0 Å². The highest BCUT2D eigenvalue weighted by Gasteiger charge is 2.14. The minimum Gasteiger partial charge on any atom is -0.377 e. The summed E-state index contributed by atoms with van der Waals surface area (Å²) in [7, 11) is -3.37. The van der Waals surface area contributed by atoms with Crippen molar-refractivity contribution in [2.75, 3.05) is 13.2 Å². The molecule has 3 N–H and O–H groups in total. The molecule has 1 rings (SSSR count). The highest BCUT2D eigenvalue weighted by Crippen LogP contribution is 2.11. The normalized spacial score (nSPS) is 13.4. The van der Waals surface area contributed by atoms with E-state index in [1.165, 1.54) is 0 Å². The van der Waals surface area contributed by atoms with Gasteiger partial charge in [0, 0.05) is 19.7 Å². The van der Waals surface area contributed by atoms with E-state index in [4.69, 9.17) is 10.5 Å². The van der Waals surface area contributed by atoms with E-state index in [0.717, 1.165) is 11.1 Å². The van der Waals surface area contributed by atoms with E-state index in [1.54, 1.807) is 6.07 Å². The standard InChI is InChI=1S/C13H22N2O3S/c1-3-18-11(2)9-15-19(16,17)10-13-7-5-4-6-12(13)8-14/h4-7,11,15H,3,8-10,14H2,1-2H3. The molecule has 19 heavy (non-hydrogen) atoms. The van der Waals surface area contributed by atoms with Gasteiger partial charge in [0.2, 0.25) is 10.0 Å². The zero-order chi connectivity index (χ0) is 14.3. The van der Waals surface area contributed by atoms with E-state index < -0.39 is 10.0 Å². The number of hydrogen-bond donors (Lipinski definition) is 2. The van der Waals surface area contributed by atoms with Crippen LogP contribution in [-0.4, -0.2) is 27.7 Å². The molecule has 1 aromatic carbocycles. The lowest BCUT2D eigenvalue weighted by Gasteiger charge is -2.14. The van der Waals surface area contributed by atoms with Gasteiger partial charge in [-0.05, 0) is 25.0 Å². The summed E-state index contributed by atoms with van der Waals surface area (Å²) in [5, 5.41) is 0. The third kappa shape index (κ3) is 5.69. The first-order chi connectivity index (χ1) is 8.98. The number of sulfonamides is 1. The summed E-state index contributed by atoms with van der Waals surface area (Å²) in [6.45, 7) is 4.89. The van der Waals surface area contributed by atoms with Crippen molar-refractivity contribution in [3.05, 3.63) is 35.4 Å². The second kappa shape index (κ2) is 7.59. The van der Waals surface area contributed by atoms with E-state index in [-0.39, 0.29) is 18.4 Å². The van der Waals surface area contributed by atoms with Crippen molar-refractivity contribution >= 4 is 10.0 Å². The Labute approximate surface area is 115 Å². The molecule has 0 saturated heterocycles. The molecule has 0 fully saturated rings. The second-order valence-electron chi connectivity index (χ2n) is 4.35. The van der Waals surface area contributed by atoms with Gasteiger partial charge in [-0.3, -0.25) is 0 Å². The molecule has 1 atom stereocenters. The van der Waals surface area contributed by atoms with Crippen LogP contribution in [-0.2, 0) is 27.1 Å². The number of benzene rings is 1. The van der Waals surface area contributed by atoms with Gasteiger partial charge in [0.1, 0.15) is 0 Å². The molecule has 1 aromatic rings. The monoisotopic (exact) mass is 286 g/mol. The van der Waals surface area contributed by atoms with Crippen molar-refractivity contribution in [2.45, 2.75) is 32.2 Å². The van der Waals surface area contributed by atoms with Crippen LogP contribution in [0.15, 0.2) is 24.3 Å². The zero-order valence-electron chi connectivity index (χ0n) is 11.4. The van der Waals surface area contributed by atoms with Crippen molar-refractivity contribution in [1.29, 1.82) is 0 Å². The molecule has 0 heterocycles. The van der Waals surface area contributed by atoms with Crippen LogP contribution >= 0.6 is 0 Å². The Morgan fingerprint density at radius 2 is 1.95 bits per heavy atom. The molecule has 0 aliphatic heterocycles. The third-order valence-electron chi connectivity index (χ3n) is 2.73. The minimum absolute atomic E-state index is 0.0563. The maximum Gasteiger partial charge on any atom is 0.215 e. The van der Waals surface area contributed by atoms with Gasteiger partial charge in [-0.25, -0.2) is 13.1 Å². The number of rotatable bonds is 8. The van der Waals surface area contributed by atoms with E-state index >= 15 is 0 Å². The van der Waals surface area contributed by atoms with Crippen molar-refractivity contribution in [3.63, 3.8) is 0 Å². The van der Waals surface area contributed by atoms with E-state index in [9.17, 15) is 8.42 Å². The van der Waals surface area contributed by atoms with E-state index in [0.29, 0.717) is 13.2 Å². The summed E-state index contributed by atoms with van der Waals surface area (Å²) in [5.41, 5.74) is 7.19. The number of nitrogens with one attached hydrogen (secondary N) is 1. The van der Waals surface area contributed by atoms with Crippen molar-refractivity contribution < 1.29 is 13.2 Å². The van der Waals surface area contributed by atoms with Crippen LogP contribution in [0.2, 0.25) is 0 Å². The van der Waals surface area contributed by atoms with Crippen LogP contribution in [0.5, 0.6) is 0 Å². The summed E-state index contributed by atoms with van der Waals surface area (Å²) >= 11 is 0. The van der Waals surface area contributed by atoms with Crippen LogP contribution in [0, 0.1) is 0 Å². The highest BCUT2D eigenvalue weighted by molar-refractivity contribution is 7.88. The molecule has 0 aliphatic carbocycles. The lowest BCUT2D eigenvalue weighted by molar-refractivity contribution is 0.0799. The van der Waals surface area contributed by atoms with E-state index in [1.807, 2.05) is 32.0 Å². The number of nitrogens with two attached hydrogens (primary N) is 1. The Balaban J connectivity index is 2.64. The first-order valence-corrected chi connectivity index (χ1v) is 7.99. The fourth-order valence-corrected chi connectivity index (χ4v) is 3.02. The average molecular weight is 286 g/mol. The first kappa shape index (κ1) is 16.1. The molecule has 0 radical (unpaired) electrons. The molecule has 0 aromatic heterocycles. The number of ether oxygens (including phenoxy) is 1. The maximum atomic E-state index is 12.0. The summed E-state index contributed by atoms with van der Waals surface area (Å²) in [4.78, 5) is 0. The molecule has 0 saturated carbocycles. The summed E-state index contributed by atoms with van der Waals surface area (Å²) < 4.78 is 31.8. The summed E-state index contributed by atoms with van der Waals surface area (Å²) in [6, 6.07) is 7.29. The molecule has 1 unspecified atom stereocenters. The first-order valence-electron chi connectivity index (χ1n) is 6.34. The minimum atomic E-state index is -3.37. The predicted octanol–water partition coefficient (Wildman–Crippen LogP) is 0.990. The lowest BCUT2D eigenvalue weighted by atomic mass is 10.1. The molecular weight excluding hydrogens is 264 g/mol. The SMILES string of the molecule is CCOC(C)CNS(=O)(=O)Cc1ccccc1CN. The van der Waals surface area contributed by atoms with Crippen LogP contribution in [0.25, 0.3) is 0 Å². The largest absolute Gasteiger partial charge is 0.377 e. The zero-order valence-corrected chi connectivity index (χ0v) is 12.2. The predicted molar refractivity (Wildman–Crippen MR) is 76.0 cm³/mol. The molecule has 0 bridgehead atoms. The Morgan fingerprint density at radius 3 is 2.53 bits per heavy atom. The highest BCUT2D eigenvalue weighted by atomic mass is 32.2. The second-order valence-corrected chi connectivity index (χ2v) is 6.15. The van der Waals surface area contributed by atoms with Gasteiger partial charge in [-0.1, -0.05) is 24.3 Å². The van der Waals surface area contributed by atoms with Gasteiger partial charge < -0.3 is 10.5 Å². The molecule has 6 heteroatoms. The molecule has 0 aliphatic rings. The van der Waals surface area contributed by atoms with Gasteiger partial charge >= 0.3 is 0 Å². The Morgan fingerprint density at radius 1 is 1.32 bits per heavy atom. The summed E-state index contributed by atoms with van der Waals surface area (Å²) in [6.07, 6.45) is -0.135. The van der Waals surface area contributed by atoms with Crippen LogP contribution < -0.4 is 10.5 Å². The van der Waals surface area contributed by atoms with Gasteiger partial charge in [0.05, 0.1) is 11.9 Å². The fraction of sp³-hybridized carbons (Fsp3) is 0.538. The van der Waals surface area contributed by atoms with Crippen LogP contribution in [0.3, 0.4) is 0 Å². The fourth-order valence-electron chi connectivity index (χ4n) is 1.74. The van der Waals surface area contributed by atoms with Gasteiger partial charge in [0.25, 0.3) is 0 Å². The quantitative estimate of drug-likeness (QED) is 0.746. The topological polar surface area (TPSA) is 81.4 Å². The summed E-state index contributed by atoms with van der Waals surface area (Å²) in [5.74, 6) is -0.0563. The van der Waals surface area contributed by atoms with Crippen molar-refractivity contribution in [3.8, 4) is 0 Å². The molecule has 0 amide bonds. The Kier molecular flexibility index (Phi) is 6.44. The molecule has 5 nitrogen and oxygen atoms in total. The Hall–Kier alpha value is -0.950.